The Hall–Kier alpha value is 0.310. The fourth-order valence-corrected chi connectivity index (χ4v) is 1.93. The smallest absolute Gasteiger partial charge is 0.0431 e. The number of hydrogen-bond acceptors (Lipinski definition) is 2. The molecule has 0 aliphatic heterocycles. The van der Waals surface area contributed by atoms with Gasteiger partial charge in [-0.15, -0.1) is 0 Å². The van der Waals surface area contributed by atoms with E-state index in [1.54, 1.807) is 0 Å². The van der Waals surface area contributed by atoms with Crippen molar-refractivity contribution >= 4 is 11.8 Å². The van der Waals surface area contributed by atoms with Gasteiger partial charge in [0.25, 0.3) is 0 Å². The highest BCUT2D eigenvalue weighted by Gasteiger charge is 1.97. The summed E-state index contributed by atoms with van der Waals surface area (Å²) in [5.74, 6) is 3.35. The summed E-state index contributed by atoms with van der Waals surface area (Å²) in [5, 5.41) is 8.51. The first-order chi connectivity index (χ1) is 5.31. The maximum absolute atomic E-state index is 8.51. The lowest BCUT2D eigenvalue weighted by Gasteiger charge is -2.06. The quantitative estimate of drug-likeness (QED) is 0.602. The molecule has 0 aliphatic rings. The van der Waals surface area contributed by atoms with Crippen LogP contribution in [0.25, 0.3) is 0 Å². The van der Waals surface area contributed by atoms with Crippen LogP contribution in [0.2, 0.25) is 0 Å². The Kier molecular flexibility index (Phi) is 8.64. The van der Waals surface area contributed by atoms with Crippen molar-refractivity contribution in [1.82, 2.24) is 0 Å². The lowest BCUT2D eigenvalue weighted by atomic mass is 10.2. The molecule has 0 heterocycles. The second-order valence-electron chi connectivity index (χ2n) is 3.02. The third kappa shape index (κ3) is 8.21. The number of unbranched alkanes of at least 4 members (excludes halogenated alkanes) is 1. The van der Waals surface area contributed by atoms with Gasteiger partial charge in [-0.1, -0.05) is 20.3 Å². The first-order valence-electron chi connectivity index (χ1n) is 4.49. The molecule has 1 N–H and O–H groups in total. The molecule has 0 rings (SSSR count). The van der Waals surface area contributed by atoms with Gasteiger partial charge in [0, 0.05) is 6.61 Å². The first-order valence-corrected chi connectivity index (χ1v) is 5.65. The van der Waals surface area contributed by atoms with Crippen molar-refractivity contribution in [2.75, 3.05) is 18.1 Å². The summed E-state index contributed by atoms with van der Waals surface area (Å²) in [5.41, 5.74) is 0. The molecule has 0 aromatic heterocycles. The zero-order chi connectivity index (χ0) is 8.53. The van der Waals surface area contributed by atoms with Gasteiger partial charge in [0.05, 0.1) is 0 Å². The molecule has 1 nitrogen and oxygen atoms in total. The molecule has 0 radical (unpaired) electrons. The fraction of sp³-hybridized carbons (Fsp3) is 1.00. The summed E-state index contributed by atoms with van der Waals surface area (Å²) >= 11 is 2.01. The molecule has 0 aromatic carbocycles. The van der Waals surface area contributed by atoms with Gasteiger partial charge >= 0.3 is 0 Å². The first kappa shape index (κ1) is 11.3. The zero-order valence-corrected chi connectivity index (χ0v) is 8.49. The lowest BCUT2D eigenvalue weighted by molar-refractivity contribution is 0.287. The molecule has 0 aliphatic carbocycles. The molecule has 0 spiro atoms. The van der Waals surface area contributed by atoms with E-state index in [4.69, 9.17) is 5.11 Å². The highest BCUT2D eigenvalue weighted by molar-refractivity contribution is 7.99. The van der Waals surface area contributed by atoms with E-state index in [0.29, 0.717) is 6.61 Å². The van der Waals surface area contributed by atoms with Crippen molar-refractivity contribution in [3.8, 4) is 0 Å². The van der Waals surface area contributed by atoms with Gasteiger partial charge in [-0.2, -0.15) is 11.8 Å². The summed E-state index contributed by atoms with van der Waals surface area (Å²) in [4.78, 5) is 0. The van der Waals surface area contributed by atoms with Crippen molar-refractivity contribution in [3.05, 3.63) is 0 Å². The van der Waals surface area contributed by atoms with Crippen LogP contribution in [-0.2, 0) is 0 Å². The van der Waals surface area contributed by atoms with Gasteiger partial charge in [0.15, 0.2) is 0 Å². The van der Waals surface area contributed by atoms with Crippen LogP contribution in [0.5, 0.6) is 0 Å². The summed E-state index contributed by atoms with van der Waals surface area (Å²) in [6.07, 6.45) is 3.41. The van der Waals surface area contributed by atoms with Gasteiger partial charge in [0.2, 0.25) is 0 Å². The van der Waals surface area contributed by atoms with Gasteiger partial charge in [-0.25, -0.2) is 0 Å². The van der Waals surface area contributed by atoms with Crippen molar-refractivity contribution in [1.29, 1.82) is 0 Å². The van der Waals surface area contributed by atoms with Crippen LogP contribution in [0.15, 0.2) is 0 Å². The molecule has 0 aromatic rings. The number of rotatable bonds is 7. The average Bonchev–Trinajstić information content (AvgIpc) is 2.04. The third-order valence-electron chi connectivity index (χ3n) is 1.80. The van der Waals surface area contributed by atoms with Crippen molar-refractivity contribution in [2.45, 2.75) is 33.1 Å². The fourth-order valence-electron chi connectivity index (χ4n) is 0.718. The van der Waals surface area contributed by atoms with E-state index in [2.05, 4.69) is 13.8 Å². The van der Waals surface area contributed by atoms with Crippen LogP contribution in [0.3, 0.4) is 0 Å². The summed E-state index contributed by atoms with van der Waals surface area (Å²) in [6, 6.07) is 0. The zero-order valence-electron chi connectivity index (χ0n) is 7.68. The van der Waals surface area contributed by atoms with Crippen LogP contribution in [-0.4, -0.2) is 23.2 Å². The van der Waals surface area contributed by atoms with Crippen LogP contribution < -0.4 is 0 Å². The molecule has 0 saturated heterocycles. The van der Waals surface area contributed by atoms with E-state index >= 15 is 0 Å². The topological polar surface area (TPSA) is 20.2 Å². The summed E-state index contributed by atoms with van der Waals surface area (Å²) in [7, 11) is 0. The van der Waals surface area contributed by atoms with Crippen molar-refractivity contribution in [2.24, 2.45) is 5.92 Å². The predicted molar refractivity (Wildman–Crippen MR) is 53.1 cm³/mol. The average molecular weight is 176 g/mol. The molecule has 1 unspecified atom stereocenters. The highest BCUT2D eigenvalue weighted by atomic mass is 32.2. The molecular formula is C9H20OS. The van der Waals surface area contributed by atoms with E-state index in [-0.39, 0.29) is 0 Å². The standard InChI is InChI=1S/C9H20OS/c1-3-9(2)8-11-7-5-4-6-10/h9-10H,3-8H2,1-2H3. The molecule has 0 amide bonds. The van der Waals surface area contributed by atoms with E-state index in [1.165, 1.54) is 17.9 Å². The minimum absolute atomic E-state index is 0.351. The third-order valence-corrected chi connectivity index (χ3v) is 3.18. The minimum Gasteiger partial charge on any atom is -0.396 e. The highest BCUT2D eigenvalue weighted by Crippen LogP contribution is 2.12. The van der Waals surface area contributed by atoms with Crippen LogP contribution in [0, 0.1) is 5.92 Å². The predicted octanol–water partition coefficient (Wildman–Crippen LogP) is 2.54. The molecule has 0 saturated carbocycles. The number of thioether (sulfide) groups is 1. The number of aliphatic hydroxyl groups excluding tert-OH is 1. The van der Waals surface area contributed by atoms with Gasteiger partial charge < -0.3 is 5.11 Å². The maximum atomic E-state index is 8.51. The second-order valence-corrected chi connectivity index (χ2v) is 4.17. The maximum Gasteiger partial charge on any atom is 0.0431 e. The summed E-state index contributed by atoms with van der Waals surface area (Å²) in [6.45, 7) is 4.88. The Balaban J connectivity index is 2.89. The Morgan fingerprint density at radius 2 is 2.09 bits per heavy atom. The van der Waals surface area contributed by atoms with Gasteiger partial charge in [0.1, 0.15) is 0 Å². The number of hydrogen-bond donors (Lipinski definition) is 1. The molecular weight excluding hydrogens is 156 g/mol. The summed E-state index contributed by atoms with van der Waals surface area (Å²) < 4.78 is 0. The number of aliphatic hydroxyl groups is 1. The normalized spacial score (nSPS) is 13.4. The van der Waals surface area contributed by atoms with E-state index in [0.717, 1.165) is 18.8 Å². The molecule has 68 valence electrons. The minimum atomic E-state index is 0.351. The largest absolute Gasteiger partial charge is 0.396 e. The molecule has 0 bridgehead atoms. The molecule has 0 fully saturated rings. The monoisotopic (exact) mass is 176 g/mol. The van der Waals surface area contributed by atoms with E-state index < -0.39 is 0 Å². The van der Waals surface area contributed by atoms with Gasteiger partial charge in [-0.05, 0) is 30.3 Å². The van der Waals surface area contributed by atoms with Crippen LogP contribution in [0.4, 0.5) is 0 Å². The molecule has 11 heavy (non-hydrogen) atoms. The molecule has 2 heteroatoms. The Morgan fingerprint density at radius 1 is 1.36 bits per heavy atom. The Bertz CT molecular complexity index is 76.0. The van der Waals surface area contributed by atoms with Crippen LogP contribution in [0.1, 0.15) is 33.1 Å². The lowest BCUT2D eigenvalue weighted by Crippen LogP contribution is -1.96. The second kappa shape index (κ2) is 8.41. The van der Waals surface area contributed by atoms with Crippen LogP contribution >= 0.6 is 11.8 Å². The SMILES string of the molecule is CCC(C)CSCCCCO. The van der Waals surface area contributed by atoms with E-state index in [1.807, 2.05) is 11.8 Å². The van der Waals surface area contributed by atoms with Crippen molar-refractivity contribution < 1.29 is 5.11 Å². The van der Waals surface area contributed by atoms with Gasteiger partial charge in [-0.3, -0.25) is 0 Å². The molecule has 1 atom stereocenters. The Labute approximate surface area is 74.6 Å². The van der Waals surface area contributed by atoms with E-state index in [9.17, 15) is 0 Å². The van der Waals surface area contributed by atoms with Crippen molar-refractivity contribution in [3.63, 3.8) is 0 Å². The Morgan fingerprint density at radius 3 is 2.64 bits per heavy atom.